The van der Waals surface area contributed by atoms with Crippen LogP contribution in [0.5, 0.6) is 0 Å². The lowest BCUT2D eigenvalue weighted by molar-refractivity contribution is -0.368. The molecule has 13 N–H and O–H groups in total. The van der Waals surface area contributed by atoms with E-state index in [2.05, 4.69) is 19.9 Å². The van der Waals surface area contributed by atoms with Crippen molar-refractivity contribution in [3.8, 4) is 0 Å². The van der Waals surface area contributed by atoms with Gasteiger partial charge in [0.15, 0.2) is 18.9 Å². The van der Waals surface area contributed by atoms with E-state index in [1.807, 2.05) is 13.8 Å². The largest absolute Gasteiger partial charge is 0.394 e. The molecular weight excluding hydrogens is 844 g/mol. The van der Waals surface area contributed by atoms with Gasteiger partial charge in [0.1, 0.15) is 73.2 Å². The summed E-state index contributed by atoms with van der Waals surface area (Å²) in [6, 6.07) is 0. The Bertz CT molecular complexity index is 1550. The van der Waals surface area contributed by atoms with Gasteiger partial charge < -0.3 is 94.8 Å². The summed E-state index contributed by atoms with van der Waals surface area (Å²) in [6.07, 6.45) is -14.7. The topological polar surface area (TPSA) is 318 Å². The number of fused-ring (bicyclic) bond motifs is 5. The van der Waals surface area contributed by atoms with Gasteiger partial charge in [0.2, 0.25) is 0 Å². The molecule has 7 rings (SSSR count). The minimum absolute atomic E-state index is 0.0467. The molecule has 3 saturated heterocycles. The molecule has 0 aromatic rings. The summed E-state index contributed by atoms with van der Waals surface area (Å²) >= 11 is 0. The summed E-state index contributed by atoms with van der Waals surface area (Å²) in [6.45, 7) is 6.74. The van der Waals surface area contributed by atoms with Gasteiger partial charge in [0.05, 0.1) is 44.7 Å². The highest BCUT2D eigenvalue weighted by atomic mass is 16.8. The van der Waals surface area contributed by atoms with Crippen LogP contribution in [0.15, 0.2) is 11.6 Å². The summed E-state index contributed by atoms with van der Waals surface area (Å²) < 4.78 is 34.9. The number of aliphatic hydroxyl groups is 13. The van der Waals surface area contributed by atoms with Crippen molar-refractivity contribution in [3.63, 3.8) is 0 Å². The van der Waals surface area contributed by atoms with E-state index >= 15 is 0 Å². The number of aliphatic hydroxyl groups excluding tert-OH is 13. The van der Waals surface area contributed by atoms with Crippen molar-refractivity contribution in [2.24, 2.45) is 46.3 Å². The first-order valence-electron chi connectivity index (χ1n) is 23.5. The van der Waals surface area contributed by atoms with Crippen LogP contribution >= 0.6 is 0 Å². The van der Waals surface area contributed by atoms with Crippen LogP contribution < -0.4 is 0 Å². The lowest BCUT2D eigenvalue weighted by Crippen LogP contribution is -2.64. The van der Waals surface area contributed by atoms with Crippen molar-refractivity contribution in [1.29, 1.82) is 0 Å². The minimum atomic E-state index is -1.79. The SMILES string of the molecule is C[C@H](CC[C@@H](O)[C@@H](C)[C@H]1[C@@H](O)C[C@H]2[C@H]3CC=C4C[C@@H](O[C@@H]5O[C@H](CO)[C@@H](O)[C@H](O)[C@H]5O)CC[C@]4(C)[C@@H]3CC[C@]12C)CO[C@@H]1O[C@H](CO)[C@@H](O)[C@H](O)[C@H]1O[C@@H]1O[C@H](CO)[C@@H](O)[C@H](O)[C@H]1O. The average molecular weight is 921 g/mol. The third-order valence-corrected chi connectivity index (χ3v) is 17.0. The van der Waals surface area contributed by atoms with Gasteiger partial charge in [-0.05, 0) is 104 Å². The molecule has 3 saturated carbocycles. The van der Waals surface area contributed by atoms with Gasteiger partial charge in [0, 0.05) is 0 Å². The average Bonchev–Trinajstić information content (AvgIpc) is 3.56. The zero-order chi connectivity index (χ0) is 46.6. The maximum Gasteiger partial charge on any atom is 0.187 e. The zero-order valence-corrected chi connectivity index (χ0v) is 37.4. The number of rotatable bonds is 15. The van der Waals surface area contributed by atoms with Gasteiger partial charge in [-0.25, -0.2) is 0 Å². The van der Waals surface area contributed by atoms with Gasteiger partial charge in [-0.3, -0.25) is 0 Å². The summed E-state index contributed by atoms with van der Waals surface area (Å²) in [4.78, 5) is 0. The van der Waals surface area contributed by atoms with Gasteiger partial charge in [0.25, 0.3) is 0 Å². The van der Waals surface area contributed by atoms with Gasteiger partial charge in [-0.1, -0.05) is 39.3 Å². The molecule has 0 aromatic carbocycles. The molecule has 0 bridgehead atoms. The van der Waals surface area contributed by atoms with E-state index in [9.17, 15) is 66.4 Å². The highest BCUT2D eigenvalue weighted by Crippen LogP contribution is 2.67. The molecule has 3 aliphatic heterocycles. The smallest absolute Gasteiger partial charge is 0.187 e. The summed E-state index contributed by atoms with van der Waals surface area (Å²) in [5, 5.41) is 136. The third kappa shape index (κ3) is 9.50. The lowest BCUT2D eigenvalue weighted by atomic mass is 9.47. The van der Waals surface area contributed by atoms with E-state index in [0.29, 0.717) is 43.9 Å². The Morgan fingerprint density at radius 3 is 1.83 bits per heavy atom. The molecule has 0 amide bonds. The molecule has 0 unspecified atom stereocenters. The highest BCUT2D eigenvalue weighted by Gasteiger charge is 2.62. The van der Waals surface area contributed by atoms with Gasteiger partial charge >= 0.3 is 0 Å². The fraction of sp³-hybridized carbons (Fsp3) is 0.956. The van der Waals surface area contributed by atoms with Crippen LogP contribution in [0, 0.1) is 46.3 Å². The van der Waals surface area contributed by atoms with Crippen LogP contribution in [-0.2, 0) is 28.4 Å². The summed E-state index contributed by atoms with van der Waals surface area (Å²) in [5.41, 5.74) is 1.05. The van der Waals surface area contributed by atoms with Crippen molar-refractivity contribution < 1.29 is 94.8 Å². The van der Waals surface area contributed by atoms with Crippen LogP contribution in [0.1, 0.15) is 85.5 Å². The van der Waals surface area contributed by atoms with E-state index in [0.717, 1.165) is 25.7 Å². The highest BCUT2D eigenvalue weighted by molar-refractivity contribution is 5.26. The van der Waals surface area contributed by atoms with Crippen molar-refractivity contribution >= 4 is 0 Å². The summed E-state index contributed by atoms with van der Waals surface area (Å²) in [7, 11) is 0. The predicted octanol–water partition coefficient (Wildman–Crippen LogP) is -2.22. The second-order valence-corrected chi connectivity index (χ2v) is 20.8. The predicted molar refractivity (Wildman–Crippen MR) is 221 cm³/mol. The fourth-order valence-electron chi connectivity index (χ4n) is 13.1. The quantitative estimate of drug-likeness (QED) is 0.0774. The second-order valence-electron chi connectivity index (χ2n) is 20.8. The van der Waals surface area contributed by atoms with E-state index < -0.39 is 124 Å². The Balaban J connectivity index is 0.935. The first-order chi connectivity index (χ1) is 30.3. The van der Waals surface area contributed by atoms with E-state index in [1.54, 1.807) is 0 Å². The molecule has 19 heteroatoms. The molecule has 0 spiro atoms. The number of hydrogen-bond donors (Lipinski definition) is 13. The standard InChI is InChI=1S/C45H76O19/c1-19(18-59-43-40(37(56)34(53)30(17-48)63-43)64-42-39(58)36(55)33(52)29(16-47)62-42)5-8-26(49)20(2)31-27(50)14-25-23-7-6-21-13-22(9-11-44(21,3)24(23)10-12-45(25,31)4)60-41-38(57)35(54)32(51)28(15-46)61-41/h6,19-20,22-43,46-58H,5,7-18H2,1-4H3/t19-,20-,22+,23+,24-,25+,26-,27+,28-,29-,30-,31+,32-,33-,34-,35+,36+,37+,38-,39-,40-,41-,42+,43-,44+,45+/m1/s1. The number of ether oxygens (including phenoxy) is 6. The second kappa shape index (κ2) is 20.5. The fourth-order valence-corrected chi connectivity index (χ4v) is 13.1. The van der Waals surface area contributed by atoms with Crippen molar-refractivity contribution in [2.75, 3.05) is 26.4 Å². The molecule has 0 radical (unpaired) electrons. The Labute approximate surface area is 374 Å². The Morgan fingerprint density at radius 2 is 1.23 bits per heavy atom. The number of allylic oxidation sites excluding steroid dienone is 1. The van der Waals surface area contributed by atoms with Gasteiger partial charge in [-0.15, -0.1) is 0 Å². The molecule has 3 heterocycles. The Morgan fingerprint density at radius 1 is 0.672 bits per heavy atom. The molecule has 64 heavy (non-hydrogen) atoms. The lowest BCUT2D eigenvalue weighted by Gasteiger charge is -2.58. The third-order valence-electron chi connectivity index (χ3n) is 17.0. The molecule has 4 aliphatic carbocycles. The van der Waals surface area contributed by atoms with Crippen LogP contribution in [0.3, 0.4) is 0 Å². The molecule has 6 fully saturated rings. The first-order valence-corrected chi connectivity index (χ1v) is 23.5. The van der Waals surface area contributed by atoms with E-state index in [-0.39, 0.29) is 47.2 Å². The molecule has 7 aliphatic rings. The van der Waals surface area contributed by atoms with Crippen molar-refractivity contribution in [1.82, 2.24) is 0 Å². The van der Waals surface area contributed by atoms with Crippen LogP contribution in [0.2, 0.25) is 0 Å². The van der Waals surface area contributed by atoms with E-state index in [1.165, 1.54) is 5.57 Å². The van der Waals surface area contributed by atoms with Crippen molar-refractivity contribution in [3.05, 3.63) is 11.6 Å². The van der Waals surface area contributed by atoms with Crippen LogP contribution in [0.25, 0.3) is 0 Å². The normalized spacial score (nSPS) is 51.0. The summed E-state index contributed by atoms with van der Waals surface area (Å²) in [5.74, 6) is 0.519. The molecule has 0 aromatic heterocycles. The zero-order valence-electron chi connectivity index (χ0n) is 37.4. The monoisotopic (exact) mass is 920 g/mol. The molecular formula is C45H76O19. The maximum absolute atomic E-state index is 11.8. The number of hydrogen-bond acceptors (Lipinski definition) is 19. The van der Waals surface area contributed by atoms with Crippen LogP contribution in [-0.4, -0.2) is 203 Å². The van der Waals surface area contributed by atoms with Crippen LogP contribution in [0.4, 0.5) is 0 Å². The molecule has 370 valence electrons. The Kier molecular flexibility index (Phi) is 16.3. The molecule has 26 atom stereocenters. The molecule has 19 nitrogen and oxygen atoms in total. The minimum Gasteiger partial charge on any atom is -0.394 e. The Hall–Kier alpha value is -1.02. The maximum atomic E-state index is 11.8. The van der Waals surface area contributed by atoms with E-state index in [4.69, 9.17) is 28.4 Å². The van der Waals surface area contributed by atoms with Gasteiger partial charge in [-0.2, -0.15) is 0 Å². The van der Waals surface area contributed by atoms with Crippen molar-refractivity contribution in [2.45, 2.75) is 196 Å². The first kappa shape index (κ1) is 50.8.